The maximum atomic E-state index is 11.9. The maximum Gasteiger partial charge on any atom is 0.334 e. The first-order chi connectivity index (χ1) is 12.7. The molecule has 7 nitrogen and oxygen atoms in total. The van der Waals surface area contributed by atoms with Crippen molar-refractivity contribution in [3.8, 4) is 0 Å². The number of allylic oxidation sites excluding steroid dienone is 1. The Morgan fingerprint density at radius 1 is 1.44 bits per heavy atom. The van der Waals surface area contributed by atoms with Gasteiger partial charge in [-0.3, -0.25) is 4.79 Å². The summed E-state index contributed by atoms with van der Waals surface area (Å²) in [5.41, 5.74) is 0.899. The molecule has 27 heavy (non-hydrogen) atoms. The first-order valence-electron chi connectivity index (χ1n) is 9.10. The summed E-state index contributed by atoms with van der Waals surface area (Å²) in [5, 5.41) is 19.8. The highest BCUT2D eigenvalue weighted by molar-refractivity contribution is 5.91. The molecule has 1 fully saturated rings. The Kier molecular flexibility index (Phi) is 6.96. The lowest BCUT2D eigenvalue weighted by Crippen LogP contribution is -2.30. The maximum absolute atomic E-state index is 11.9. The lowest BCUT2D eigenvalue weighted by atomic mass is 9.85. The zero-order chi connectivity index (χ0) is 20.1. The number of aliphatic carboxylic acids is 1. The van der Waals surface area contributed by atoms with E-state index in [2.05, 4.69) is 6.58 Å². The van der Waals surface area contributed by atoms with Gasteiger partial charge in [-0.05, 0) is 30.9 Å². The van der Waals surface area contributed by atoms with Crippen LogP contribution < -0.4 is 0 Å². The summed E-state index contributed by atoms with van der Waals surface area (Å²) < 4.78 is 10.6. The fraction of sp³-hybridized carbons (Fsp3) is 0.550. The second-order valence-corrected chi connectivity index (χ2v) is 7.01. The summed E-state index contributed by atoms with van der Waals surface area (Å²) in [7, 11) is 0. The topological polar surface area (TPSA) is 110 Å². The van der Waals surface area contributed by atoms with Crippen molar-refractivity contribution < 1.29 is 34.1 Å². The predicted molar refractivity (Wildman–Crippen MR) is 96.6 cm³/mol. The van der Waals surface area contributed by atoms with E-state index in [0.29, 0.717) is 24.8 Å². The third kappa shape index (κ3) is 5.07. The quantitative estimate of drug-likeness (QED) is 0.428. The lowest BCUT2D eigenvalue weighted by Gasteiger charge is -2.23. The second kappa shape index (κ2) is 8.99. The molecular weight excluding hydrogens is 352 g/mol. The molecule has 2 rings (SSSR count). The molecule has 1 aliphatic heterocycles. The normalized spacial score (nSPS) is 30.9. The van der Waals surface area contributed by atoms with Gasteiger partial charge in [0, 0.05) is 17.6 Å². The third-order valence-electron chi connectivity index (χ3n) is 5.05. The lowest BCUT2D eigenvalue weighted by molar-refractivity contribution is -0.147. The van der Waals surface area contributed by atoms with Crippen LogP contribution in [0.25, 0.3) is 0 Å². The number of aliphatic hydroxyl groups excluding tert-OH is 1. The van der Waals surface area contributed by atoms with E-state index >= 15 is 0 Å². The molecule has 2 N–H and O–H groups in total. The molecule has 1 saturated heterocycles. The third-order valence-corrected chi connectivity index (χ3v) is 5.05. The minimum atomic E-state index is -1.12. The first kappa shape index (κ1) is 20.9. The SMILES string of the molecule is C=C1C(=O)O[C@@H]2/C=C(\COC(=O)[C@H](C)CC)CC/C=C(\C(=O)O)C[C@@H](O)[C@@H]12. The molecule has 1 heterocycles. The van der Waals surface area contributed by atoms with Crippen LogP contribution in [0.1, 0.15) is 39.5 Å². The van der Waals surface area contributed by atoms with E-state index in [4.69, 9.17) is 9.47 Å². The number of rotatable bonds is 5. The Morgan fingerprint density at radius 3 is 2.78 bits per heavy atom. The van der Waals surface area contributed by atoms with E-state index in [1.165, 1.54) is 0 Å². The number of fused-ring (bicyclic) bond motifs is 1. The van der Waals surface area contributed by atoms with Crippen molar-refractivity contribution in [2.75, 3.05) is 6.61 Å². The highest BCUT2D eigenvalue weighted by Crippen LogP contribution is 2.34. The fourth-order valence-electron chi connectivity index (χ4n) is 3.15. The van der Waals surface area contributed by atoms with E-state index in [-0.39, 0.29) is 36.1 Å². The number of carboxylic acids is 1. The van der Waals surface area contributed by atoms with E-state index in [1.807, 2.05) is 6.92 Å². The molecule has 0 unspecified atom stereocenters. The molecule has 0 saturated carbocycles. The van der Waals surface area contributed by atoms with Crippen LogP contribution >= 0.6 is 0 Å². The summed E-state index contributed by atoms with van der Waals surface area (Å²) in [5.74, 6) is -3.00. The van der Waals surface area contributed by atoms with Gasteiger partial charge in [0.2, 0.25) is 0 Å². The van der Waals surface area contributed by atoms with Crippen molar-refractivity contribution in [3.05, 3.63) is 35.5 Å². The molecule has 0 aromatic heterocycles. The van der Waals surface area contributed by atoms with Gasteiger partial charge in [-0.15, -0.1) is 0 Å². The van der Waals surface area contributed by atoms with Crippen LogP contribution in [0, 0.1) is 11.8 Å². The average molecular weight is 378 g/mol. The van der Waals surface area contributed by atoms with Crippen molar-refractivity contribution in [2.24, 2.45) is 11.8 Å². The van der Waals surface area contributed by atoms with Gasteiger partial charge in [0.1, 0.15) is 12.7 Å². The van der Waals surface area contributed by atoms with Gasteiger partial charge < -0.3 is 19.7 Å². The largest absolute Gasteiger partial charge is 0.478 e. The van der Waals surface area contributed by atoms with Crippen LogP contribution in [-0.4, -0.2) is 46.9 Å². The van der Waals surface area contributed by atoms with Crippen LogP contribution in [0.2, 0.25) is 0 Å². The van der Waals surface area contributed by atoms with Crippen LogP contribution in [0.4, 0.5) is 0 Å². The predicted octanol–water partition coefficient (Wildman–Crippen LogP) is 2.16. The molecule has 0 aromatic rings. The Bertz CT molecular complexity index is 688. The number of aliphatic hydroxyl groups is 1. The smallest absolute Gasteiger partial charge is 0.334 e. The van der Waals surface area contributed by atoms with Gasteiger partial charge in [0.15, 0.2) is 0 Å². The highest BCUT2D eigenvalue weighted by atomic mass is 16.6. The first-order valence-corrected chi connectivity index (χ1v) is 9.10. The minimum Gasteiger partial charge on any atom is -0.478 e. The molecule has 0 bridgehead atoms. The molecule has 0 radical (unpaired) electrons. The second-order valence-electron chi connectivity index (χ2n) is 7.01. The van der Waals surface area contributed by atoms with Crippen LogP contribution in [0.15, 0.2) is 35.5 Å². The molecule has 2 aliphatic rings. The molecule has 1 aliphatic carbocycles. The summed E-state index contributed by atoms with van der Waals surface area (Å²) in [6, 6.07) is 0. The molecule has 0 spiro atoms. The van der Waals surface area contributed by atoms with E-state index in [9.17, 15) is 24.6 Å². The van der Waals surface area contributed by atoms with Crippen molar-refractivity contribution in [2.45, 2.75) is 51.7 Å². The zero-order valence-corrected chi connectivity index (χ0v) is 15.6. The molecule has 0 aromatic carbocycles. The number of carboxylic acid groups (broad SMARTS) is 1. The van der Waals surface area contributed by atoms with Gasteiger partial charge >= 0.3 is 17.9 Å². The minimum absolute atomic E-state index is 0.0305. The number of esters is 2. The van der Waals surface area contributed by atoms with Crippen molar-refractivity contribution in [1.29, 1.82) is 0 Å². The zero-order valence-electron chi connectivity index (χ0n) is 15.6. The average Bonchev–Trinajstić information content (AvgIpc) is 2.90. The van der Waals surface area contributed by atoms with E-state index in [1.54, 1.807) is 19.1 Å². The number of hydrogen-bond acceptors (Lipinski definition) is 6. The van der Waals surface area contributed by atoms with Gasteiger partial charge in [-0.1, -0.05) is 26.5 Å². The molecule has 4 atom stereocenters. The van der Waals surface area contributed by atoms with Crippen molar-refractivity contribution >= 4 is 17.9 Å². The van der Waals surface area contributed by atoms with E-state index < -0.39 is 30.1 Å². The standard InChI is InChI=1S/C20H26O7/c1-4-11(2)19(24)26-10-13-6-5-7-14(18(22)23)9-15(21)17-12(3)20(25)27-16(17)8-13/h7-8,11,15-17,21H,3-6,9-10H2,1-2H3,(H,22,23)/b13-8-,14-7-/t11-,15-,16-,17-/m1/s1. The number of carbonyl (C=O) groups excluding carboxylic acids is 2. The number of ether oxygens (including phenoxy) is 2. The molecule has 7 heteroatoms. The Balaban J connectivity index is 2.27. The summed E-state index contributed by atoms with van der Waals surface area (Å²) in [6.07, 6.45) is 2.79. The summed E-state index contributed by atoms with van der Waals surface area (Å²) >= 11 is 0. The summed E-state index contributed by atoms with van der Waals surface area (Å²) in [4.78, 5) is 35.3. The molecule has 0 amide bonds. The van der Waals surface area contributed by atoms with Crippen LogP contribution in [-0.2, 0) is 23.9 Å². The summed E-state index contributed by atoms with van der Waals surface area (Å²) in [6.45, 7) is 7.38. The number of hydrogen-bond donors (Lipinski definition) is 2. The van der Waals surface area contributed by atoms with Crippen LogP contribution in [0.3, 0.4) is 0 Å². The Hall–Kier alpha value is -2.41. The van der Waals surface area contributed by atoms with Crippen molar-refractivity contribution in [1.82, 2.24) is 0 Å². The highest BCUT2D eigenvalue weighted by Gasteiger charge is 2.42. The monoisotopic (exact) mass is 378 g/mol. The van der Waals surface area contributed by atoms with Gasteiger partial charge in [0.25, 0.3) is 0 Å². The van der Waals surface area contributed by atoms with Gasteiger partial charge in [0.05, 0.1) is 17.9 Å². The van der Waals surface area contributed by atoms with Gasteiger partial charge in [-0.2, -0.15) is 0 Å². The molecule has 148 valence electrons. The van der Waals surface area contributed by atoms with Crippen LogP contribution in [0.5, 0.6) is 0 Å². The van der Waals surface area contributed by atoms with E-state index in [0.717, 1.165) is 0 Å². The number of carbonyl (C=O) groups is 3. The van der Waals surface area contributed by atoms with Crippen molar-refractivity contribution in [3.63, 3.8) is 0 Å². The fourth-order valence-corrected chi connectivity index (χ4v) is 3.15. The Morgan fingerprint density at radius 2 is 2.15 bits per heavy atom. The molecular formula is C20H26O7. The van der Waals surface area contributed by atoms with Gasteiger partial charge in [-0.25, -0.2) is 9.59 Å². The Labute approximate surface area is 158 Å².